The SMILES string of the molecule is CC#CCn1c(C(O)C(O)C(=O)O)nc2c1c(=O)[nH]c(=O)n2C. The molecule has 0 saturated heterocycles. The monoisotopic (exact) mass is 322 g/mol. The van der Waals surface area contributed by atoms with E-state index in [1.54, 1.807) is 6.92 Å². The molecule has 0 spiro atoms. The molecule has 10 nitrogen and oxygen atoms in total. The lowest BCUT2D eigenvalue weighted by Gasteiger charge is -2.14. The molecule has 2 atom stereocenters. The maximum atomic E-state index is 12.0. The van der Waals surface area contributed by atoms with Gasteiger partial charge in [-0.3, -0.25) is 14.3 Å². The fourth-order valence-electron chi connectivity index (χ4n) is 2.07. The number of hydrogen-bond acceptors (Lipinski definition) is 6. The topological polar surface area (TPSA) is 150 Å². The van der Waals surface area contributed by atoms with E-state index >= 15 is 0 Å². The first-order valence-electron chi connectivity index (χ1n) is 6.47. The summed E-state index contributed by atoms with van der Waals surface area (Å²) < 4.78 is 2.21. The Morgan fingerprint density at radius 1 is 1.39 bits per heavy atom. The molecule has 0 bridgehead atoms. The molecular formula is C13H14N4O6. The average Bonchev–Trinajstić information content (AvgIpc) is 2.89. The number of fused-ring (bicyclic) bond motifs is 1. The van der Waals surface area contributed by atoms with Crippen LogP contribution in [-0.4, -0.2) is 46.5 Å². The summed E-state index contributed by atoms with van der Waals surface area (Å²) in [7, 11) is 1.35. The number of aromatic amines is 1. The van der Waals surface area contributed by atoms with E-state index < -0.39 is 29.4 Å². The molecule has 0 aliphatic rings. The quantitative estimate of drug-likeness (QED) is 0.472. The minimum Gasteiger partial charge on any atom is -0.479 e. The van der Waals surface area contributed by atoms with Gasteiger partial charge in [0.2, 0.25) is 0 Å². The molecule has 2 aromatic heterocycles. The number of H-pyrrole nitrogens is 1. The lowest BCUT2D eigenvalue weighted by molar-refractivity contribution is -0.153. The van der Waals surface area contributed by atoms with E-state index in [1.165, 1.54) is 11.6 Å². The van der Waals surface area contributed by atoms with Gasteiger partial charge in [0, 0.05) is 7.05 Å². The van der Waals surface area contributed by atoms with Gasteiger partial charge < -0.3 is 19.9 Å². The third-order valence-electron chi connectivity index (χ3n) is 3.27. The molecule has 2 unspecified atom stereocenters. The number of carboxylic acids is 1. The van der Waals surface area contributed by atoms with Gasteiger partial charge in [0.25, 0.3) is 5.56 Å². The van der Waals surface area contributed by atoms with Gasteiger partial charge >= 0.3 is 11.7 Å². The Hall–Kier alpha value is -2.90. The maximum Gasteiger partial charge on any atom is 0.335 e. The molecule has 0 fully saturated rings. The summed E-state index contributed by atoms with van der Waals surface area (Å²) in [5, 5.41) is 28.4. The van der Waals surface area contributed by atoms with Gasteiger partial charge in [0.15, 0.2) is 17.3 Å². The Balaban J connectivity index is 2.82. The van der Waals surface area contributed by atoms with Crippen molar-refractivity contribution in [2.75, 3.05) is 0 Å². The smallest absolute Gasteiger partial charge is 0.335 e. The summed E-state index contributed by atoms with van der Waals surface area (Å²) in [6, 6.07) is 0. The lowest BCUT2D eigenvalue weighted by Crippen LogP contribution is -2.30. The third-order valence-corrected chi connectivity index (χ3v) is 3.27. The van der Waals surface area contributed by atoms with Crippen LogP contribution >= 0.6 is 0 Å². The second kappa shape index (κ2) is 6.07. The minimum atomic E-state index is -2.14. The fourth-order valence-corrected chi connectivity index (χ4v) is 2.07. The highest BCUT2D eigenvalue weighted by atomic mass is 16.4. The number of rotatable bonds is 4. The summed E-state index contributed by atoms with van der Waals surface area (Å²) in [4.78, 5) is 40.5. The highest BCUT2D eigenvalue weighted by Gasteiger charge is 2.31. The van der Waals surface area contributed by atoms with Crippen LogP contribution in [0.5, 0.6) is 0 Å². The molecule has 10 heteroatoms. The Morgan fingerprint density at radius 3 is 2.61 bits per heavy atom. The summed E-state index contributed by atoms with van der Waals surface area (Å²) >= 11 is 0. The van der Waals surface area contributed by atoms with E-state index in [0.29, 0.717) is 0 Å². The molecule has 0 amide bonds. The lowest BCUT2D eigenvalue weighted by atomic mass is 10.2. The second-order valence-electron chi connectivity index (χ2n) is 4.70. The van der Waals surface area contributed by atoms with Crippen LogP contribution in [0.15, 0.2) is 9.59 Å². The summed E-state index contributed by atoms with van der Waals surface area (Å²) in [5.74, 6) is 3.33. The van der Waals surface area contributed by atoms with Crippen molar-refractivity contribution in [1.82, 2.24) is 19.1 Å². The largest absolute Gasteiger partial charge is 0.479 e. The Morgan fingerprint density at radius 2 is 2.04 bits per heavy atom. The molecule has 2 heterocycles. The first-order chi connectivity index (χ1) is 10.8. The van der Waals surface area contributed by atoms with Gasteiger partial charge in [0.1, 0.15) is 11.9 Å². The standard InChI is InChI=1S/C13H14N4O6/c1-3-4-5-17-6-9(16(2)13(23)15-11(6)20)14-10(17)7(18)8(19)12(21)22/h7-8,18-19H,5H2,1-2H3,(H,21,22)(H,15,20,23). The zero-order chi connectivity index (χ0) is 17.3. The number of aliphatic hydroxyl groups is 2. The predicted molar refractivity (Wildman–Crippen MR) is 77.6 cm³/mol. The minimum absolute atomic E-state index is 0.0525. The van der Waals surface area contributed by atoms with Crippen molar-refractivity contribution in [3.63, 3.8) is 0 Å². The summed E-state index contributed by atoms with van der Waals surface area (Å²) in [5.41, 5.74) is -1.57. The number of aliphatic hydroxyl groups excluding tert-OH is 2. The molecule has 0 aromatic carbocycles. The molecule has 122 valence electrons. The Labute approximate surface area is 128 Å². The van der Waals surface area contributed by atoms with Crippen molar-refractivity contribution in [2.24, 2.45) is 7.05 Å². The number of aryl methyl sites for hydroxylation is 1. The molecule has 0 aliphatic heterocycles. The van der Waals surface area contributed by atoms with Crippen LogP contribution in [0.4, 0.5) is 0 Å². The van der Waals surface area contributed by atoms with Crippen LogP contribution in [-0.2, 0) is 18.4 Å². The first-order valence-corrected chi connectivity index (χ1v) is 6.47. The van der Waals surface area contributed by atoms with E-state index in [9.17, 15) is 24.6 Å². The van der Waals surface area contributed by atoms with E-state index in [1.807, 2.05) is 0 Å². The zero-order valence-electron chi connectivity index (χ0n) is 12.3. The summed E-state index contributed by atoms with van der Waals surface area (Å²) in [6.45, 7) is 1.48. The third kappa shape index (κ3) is 2.75. The molecule has 0 radical (unpaired) electrons. The van der Waals surface area contributed by atoms with Gasteiger partial charge in [-0.25, -0.2) is 14.6 Å². The van der Waals surface area contributed by atoms with Crippen LogP contribution in [0.3, 0.4) is 0 Å². The number of aliphatic carboxylic acids is 1. The zero-order valence-corrected chi connectivity index (χ0v) is 12.3. The van der Waals surface area contributed by atoms with Crippen molar-refractivity contribution < 1.29 is 20.1 Å². The molecule has 4 N–H and O–H groups in total. The van der Waals surface area contributed by atoms with Crippen LogP contribution in [0.1, 0.15) is 18.9 Å². The molecule has 23 heavy (non-hydrogen) atoms. The molecule has 2 aromatic rings. The first kappa shape index (κ1) is 16.5. The highest BCUT2D eigenvalue weighted by molar-refractivity contribution is 5.74. The highest BCUT2D eigenvalue weighted by Crippen LogP contribution is 2.20. The van der Waals surface area contributed by atoms with E-state index in [0.717, 1.165) is 4.57 Å². The van der Waals surface area contributed by atoms with E-state index in [4.69, 9.17) is 5.11 Å². The number of carbonyl (C=O) groups is 1. The fraction of sp³-hybridized carbons (Fsp3) is 0.385. The van der Waals surface area contributed by atoms with E-state index in [-0.39, 0.29) is 23.5 Å². The summed E-state index contributed by atoms with van der Waals surface area (Å²) in [6.07, 6.45) is -4.04. The van der Waals surface area contributed by atoms with Gasteiger partial charge in [0.05, 0.1) is 6.54 Å². The van der Waals surface area contributed by atoms with Gasteiger partial charge in [-0.1, -0.05) is 5.92 Å². The van der Waals surface area contributed by atoms with Gasteiger partial charge in [-0.2, -0.15) is 0 Å². The van der Waals surface area contributed by atoms with Crippen LogP contribution < -0.4 is 11.2 Å². The van der Waals surface area contributed by atoms with Gasteiger partial charge in [-0.15, -0.1) is 5.92 Å². The number of nitrogens with zero attached hydrogens (tertiary/aromatic N) is 3. The van der Waals surface area contributed by atoms with Crippen LogP contribution in [0, 0.1) is 11.8 Å². The number of nitrogens with one attached hydrogen (secondary N) is 1. The number of carboxylic acid groups (broad SMARTS) is 1. The maximum absolute atomic E-state index is 12.0. The molecular weight excluding hydrogens is 308 g/mol. The normalized spacial score (nSPS) is 13.4. The Bertz CT molecular complexity index is 941. The number of imidazole rings is 1. The molecule has 0 aliphatic carbocycles. The van der Waals surface area contributed by atoms with Gasteiger partial charge in [-0.05, 0) is 6.92 Å². The number of aromatic nitrogens is 4. The van der Waals surface area contributed by atoms with Crippen molar-refractivity contribution in [3.8, 4) is 11.8 Å². The Kier molecular flexibility index (Phi) is 4.35. The van der Waals surface area contributed by atoms with Crippen LogP contribution in [0.2, 0.25) is 0 Å². The van der Waals surface area contributed by atoms with E-state index in [2.05, 4.69) is 21.8 Å². The van der Waals surface area contributed by atoms with Crippen molar-refractivity contribution in [1.29, 1.82) is 0 Å². The second-order valence-corrected chi connectivity index (χ2v) is 4.70. The van der Waals surface area contributed by atoms with Crippen LogP contribution in [0.25, 0.3) is 11.2 Å². The van der Waals surface area contributed by atoms with Crippen molar-refractivity contribution in [2.45, 2.75) is 25.7 Å². The number of hydrogen-bond donors (Lipinski definition) is 4. The molecule has 2 rings (SSSR count). The van der Waals surface area contributed by atoms with Crippen molar-refractivity contribution in [3.05, 3.63) is 26.7 Å². The van der Waals surface area contributed by atoms with Crippen molar-refractivity contribution >= 4 is 17.1 Å². The average molecular weight is 322 g/mol. The predicted octanol–water partition coefficient (Wildman–Crippen LogP) is -2.07. The molecule has 0 saturated carbocycles.